The maximum atomic E-state index is 12.6. The monoisotopic (exact) mass is 340 g/mol. The Labute approximate surface area is 137 Å². The van der Waals surface area contributed by atoms with E-state index in [0.29, 0.717) is 31.8 Å². The van der Waals surface area contributed by atoms with E-state index >= 15 is 0 Å². The van der Waals surface area contributed by atoms with Gasteiger partial charge in [-0.15, -0.1) is 0 Å². The second kappa shape index (κ2) is 7.79. The molecule has 1 atom stereocenters. The lowest BCUT2D eigenvalue weighted by molar-refractivity contribution is -0.131. The molecule has 0 aliphatic carbocycles. The Balaban J connectivity index is 2.23. The zero-order valence-electron chi connectivity index (χ0n) is 13.6. The Morgan fingerprint density at radius 2 is 2.13 bits per heavy atom. The summed E-state index contributed by atoms with van der Waals surface area (Å²) in [5.74, 6) is -0.0114. The number of piperazine rings is 1. The molecule has 6 nitrogen and oxygen atoms in total. The number of carbonyl (C=O) groups excluding carboxylic acids is 1. The van der Waals surface area contributed by atoms with Crippen LogP contribution in [0.2, 0.25) is 0 Å². The van der Waals surface area contributed by atoms with E-state index < -0.39 is 15.6 Å². The van der Waals surface area contributed by atoms with Crippen LogP contribution in [0.4, 0.5) is 0 Å². The van der Waals surface area contributed by atoms with Gasteiger partial charge in [0.2, 0.25) is 5.91 Å². The Kier molecular flexibility index (Phi) is 6.01. The summed E-state index contributed by atoms with van der Waals surface area (Å²) in [6, 6.07) is 7.31. The van der Waals surface area contributed by atoms with Crippen LogP contribution in [-0.4, -0.2) is 57.5 Å². The molecule has 2 rings (SSSR count). The van der Waals surface area contributed by atoms with E-state index in [4.69, 9.17) is 4.74 Å². The van der Waals surface area contributed by atoms with Gasteiger partial charge in [0.25, 0.3) is 0 Å². The highest BCUT2D eigenvalue weighted by atomic mass is 32.2. The van der Waals surface area contributed by atoms with Crippen LogP contribution < -0.4 is 10.1 Å². The van der Waals surface area contributed by atoms with Gasteiger partial charge < -0.3 is 15.0 Å². The van der Waals surface area contributed by atoms with Crippen molar-refractivity contribution < 1.29 is 17.9 Å². The molecule has 7 heteroatoms. The lowest BCUT2D eigenvalue weighted by atomic mass is 10.0. The molecule has 1 unspecified atom stereocenters. The zero-order valence-corrected chi connectivity index (χ0v) is 14.4. The minimum atomic E-state index is -3.34. The topological polar surface area (TPSA) is 75.7 Å². The smallest absolute Gasteiger partial charge is 0.238 e. The maximum Gasteiger partial charge on any atom is 0.238 e. The van der Waals surface area contributed by atoms with E-state index in [1.54, 1.807) is 18.9 Å². The number of methoxy groups -OCH3 is 1. The van der Waals surface area contributed by atoms with Crippen molar-refractivity contribution in [2.45, 2.75) is 19.4 Å². The number of nitrogens with one attached hydrogen (secondary N) is 1. The van der Waals surface area contributed by atoms with Crippen molar-refractivity contribution in [2.75, 3.05) is 38.2 Å². The number of nitrogens with zero attached hydrogens (tertiary/aromatic N) is 1. The number of hydrogen-bond acceptors (Lipinski definition) is 5. The quantitative estimate of drug-likeness (QED) is 0.836. The molecule has 0 radical (unpaired) electrons. The third kappa shape index (κ3) is 4.45. The summed E-state index contributed by atoms with van der Waals surface area (Å²) in [5, 5.41) is 3.26. The number of ether oxygens (including phenoxy) is 1. The van der Waals surface area contributed by atoms with Crippen LogP contribution in [0.25, 0.3) is 0 Å². The minimum absolute atomic E-state index is 0.0458. The molecule has 1 amide bonds. The summed E-state index contributed by atoms with van der Waals surface area (Å²) >= 11 is 0. The fourth-order valence-electron chi connectivity index (χ4n) is 2.88. The molecule has 128 valence electrons. The second-order valence-corrected chi connectivity index (χ2v) is 7.83. The highest BCUT2D eigenvalue weighted by Gasteiger charge is 2.31. The predicted octanol–water partition coefficient (Wildman–Crippen LogP) is 0.993. The summed E-state index contributed by atoms with van der Waals surface area (Å²) in [5.41, 5.74) is 0.892. The van der Waals surface area contributed by atoms with Gasteiger partial charge in [-0.3, -0.25) is 4.79 Å². The van der Waals surface area contributed by atoms with Gasteiger partial charge in [-0.25, -0.2) is 8.42 Å². The van der Waals surface area contributed by atoms with Gasteiger partial charge in [-0.1, -0.05) is 25.1 Å². The van der Waals surface area contributed by atoms with E-state index in [9.17, 15) is 13.2 Å². The van der Waals surface area contributed by atoms with Gasteiger partial charge in [0, 0.05) is 25.2 Å². The summed E-state index contributed by atoms with van der Waals surface area (Å²) in [6.45, 7) is 3.53. The first-order valence-electron chi connectivity index (χ1n) is 7.82. The number of para-hydroxylation sites is 1. The van der Waals surface area contributed by atoms with Crippen LogP contribution in [0.15, 0.2) is 24.3 Å². The molecular formula is C16H24N2O4S. The summed E-state index contributed by atoms with van der Waals surface area (Å²) < 4.78 is 29.3. The molecule has 23 heavy (non-hydrogen) atoms. The van der Waals surface area contributed by atoms with E-state index in [-0.39, 0.29) is 17.7 Å². The molecule has 1 heterocycles. The fraction of sp³-hybridized carbons (Fsp3) is 0.562. The fourth-order valence-corrected chi connectivity index (χ4v) is 4.19. The van der Waals surface area contributed by atoms with Crippen LogP contribution in [0.5, 0.6) is 5.75 Å². The van der Waals surface area contributed by atoms with Crippen molar-refractivity contribution in [3.63, 3.8) is 0 Å². The van der Waals surface area contributed by atoms with Gasteiger partial charge in [-0.05, 0) is 12.5 Å². The third-order valence-corrected chi connectivity index (χ3v) is 5.64. The summed E-state index contributed by atoms with van der Waals surface area (Å²) in [7, 11) is -1.75. The van der Waals surface area contributed by atoms with Crippen molar-refractivity contribution in [3.8, 4) is 5.75 Å². The molecule has 0 bridgehead atoms. The molecule has 1 aliphatic rings. The first-order chi connectivity index (χ1) is 11.0. The normalized spacial score (nSPS) is 18.7. The number of hydrogen-bond donors (Lipinski definition) is 1. The van der Waals surface area contributed by atoms with Crippen molar-refractivity contribution in [2.24, 2.45) is 0 Å². The molecule has 0 spiro atoms. The van der Waals surface area contributed by atoms with Gasteiger partial charge in [0.15, 0.2) is 9.84 Å². The van der Waals surface area contributed by atoms with Gasteiger partial charge in [-0.2, -0.15) is 0 Å². The predicted molar refractivity (Wildman–Crippen MR) is 89.3 cm³/mol. The van der Waals surface area contributed by atoms with E-state index in [1.165, 1.54) is 0 Å². The van der Waals surface area contributed by atoms with Crippen LogP contribution in [0, 0.1) is 0 Å². The van der Waals surface area contributed by atoms with Crippen molar-refractivity contribution in [1.29, 1.82) is 0 Å². The Hall–Kier alpha value is -1.60. The lowest BCUT2D eigenvalue weighted by Crippen LogP contribution is -2.50. The summed E-state index contributed by atoms with van der Waals surface area (Å²) in [6.07, 6.45) is 0.521. The number of sulfone groups is 1. The second-order valence-electron chi connectivity index (χ2n) is 5.64. The highest BCUT2D eigenvalue weighted by Crippen LogP contribution is 2.30. The van der Waals surface area contributed by atoms with E-state index in [0.717, 1.165) is 5.56 Å². The molecule has 1 aromatic rings. The largest absolute Gasteiger partial charge is 0.496 e. The van der Waals surface area contributed by atoms with Crippen LogP contribution in [0.3, 0.4) is 0 Å². The maximum absolute atomic E-state index is 12.6. The molecule has 1 aliphatic heterocycles. The molecule has 0 saturated carbocycles. The average Bonchev–Trinajstić information content (AvgIpc) is 2.54. The molecule has 1 N–H and O–H groups in total. The third-order valence-electron chi connectivity index (χ3n) is 3.92. The molecule has 1 fully saturated rings. The van der Waals surface area contributed by atoms with Crippen LogP contribution in [-0.2, 0) is 14.6 Å². The lowest BCUT2D eigenvalue weighted by Gasteiger charge is -2.37. The zero-order chi connectivity index (χ0) is 16.9. The minimum Gasteiger partial charge on any atom is -0.496 e. The first-order valence-corrected chi connectivity index (χ1v) is 9.64. The van der Waals surface area contributed by atoms with Gasteiger partial charge >= 0.3 is 0 Å². The molecular weight excluding hydrogens is 316 g/mol. The number of rotatable bonds is 6. The number of carbonyl (C=O) groups is 1. The van der Waals surface area contributed by atoms with Gasteiger partial charge in [0.05, 0.1) is 18.9 Å². The first kappa shape index (κ1) is 17.7. The average molecular weight is 340 g/mol. The number of amides is 1. The van der Waals surface area contributed by atoms with E-state index in [1.807, 2.05) is 24.3 Å². The standard InChI is InChI=1S/C16H24N2O4S/c1-3-10-23(20,21)12-16(19)18-9-8-17-11-14(18)13-6-4-5-7-15(13)22-2/h4-7,14,17H,3,8-12H2,1-2H3. The van der Waals surface area contributed by atoms with Crippen LogP contribution >= 0.6 is 0 Å². The van der Waals surface area contributed by atoms with Crippen molar-refractivity contribution in [1.82, 2.24) is 10.2 Å². The molecule has 1 saturated heterocycles. The van der Waals surface area contributed by atoms with Crippen LogP contribution in [0.1, 0.15) is 24.9 Å². The highest BCUT2D eigenvalue weighted by molar-refractivity contribution is 7.92. The Morgan fingerprint density at radius 1 is 1.39 bits per heavy atom. The SMILES string of the molecule is CCCS(=O)(=O)CC(=O)N1CCNCC1c1ccccc1OC. The molecule has 1 aromatic carbocycles. The van der Waals surface area contributed by atoms with Gasteiger partial charge in [0.1, 0.15) is 11.5 Å². The Morgan fingerprint density at radius 3 is 2.83 bits per heavy atom. The Bertz CT molecular complexity index is 645. The van der Waals surface area contributed by atoms with Crippen molar-refractivity contribution in [3.05, 3.63) is 29.8 Å². The van der Waals surface area contributed by atoms with Crippen molar-refractivity contribution >= 4 is 15.7 Å². The summed E-state index contributed by atoms with van der Waals surface area (Å²) in [4.78, 5) is 14.2. The number of benzene rings is 1. The molecule has 0 aromatic heterocycles. The van der Waals surface area contributed by atoms with E-state index in [2.05, 4.69) is 5.32 Å².